The fourth-order valence-electron chi connectivity index (χ4n) is 2.29. The van der Waals surface area contributed by atoms with Crippen LogP contribution in [-0.4, -0.2) is 34.4 Å². The van der Waals surface area contributed by atoms with Gasteiger partial charge in [0.1, 0.15) is 0 Å². The van der Waals surface area contributed by atoms with Crippen LogP contribution in [0.15, 0.2) is 12.3 Å². The molecule has 0 aromatic carbocycles. The van der Waals surface area contributed by atoms with Crippen molar-refractivity contribution in [3.8, 4) is 0 Å². The highest BCUT2D eigenvalue weighted by Crippen LogP contribution is 2.29. The molecule has 2 heterocycles. The third-order valence-electron chi connectivity index (χ3n) is 3.15. The lowest BCUT2D eigenvalue weighted by Gasteiger charge is -2.34. The molecule has 5 nitrogen and oxygen atoms in total. The van der Waals surface area contributed by atoms with Crippen molar-refractivity contribution >= 4 is 11.9 Å². The van der Waals surface area contributed by atoms with Gasteiger partial charge in [0.05, 0.1) is 11.7 Å². The van der Waals surface area contributed by atoms with Crippen LogP contribution in [0, 0.1) is 0 Å². The smallest absolute Gasteiger partial charge is 0.222 e. The van der Waals surface area contributed by atoms with Gasteiger partial charge in [-0.3, -0.25) is 4.79 Å². The molecule has 0 spiro atoms. The molecule has 0 aliphatic carbocycles. The monoisotopic (exact) mass is 234 g/mol. The normalized spacial score (nSPS) is 20.1. The van der Waals surface area contributed by atoms with Gasteiger partial charge in [0.15, 0.2) is 0 Å². The number of piperidine rings is 1. The summed E-state index contributed by atoms with van der Waals surface area (Å²) in [5.41, 5.74) is 0.930. The van der Waals surface area contributed by atoms with Gasteiger partial charge in [-0.2, -0.15) is 0 Å². The Labute approximate surface area is 101 Å². The van der Waals surface area contributed by atoms with Crippen molar-refractivity contribution in [1.82, 2.24) is 14.9 Å². The minimum atomic E-state index is 0.108. The van der Waals surface area contributed by atoms with Crippen molar-refractivity contribution in [2.45, 2.75) is 32.2 Å². The number of aromatic nitrogens is 2. The molecule has 5 heteroatoms. The molecule has 1 aromatic heterocycles. The predicted molar refractivity (Wildman–Crippen MR) is 65.6 cm³/mol. The van der Waals surface area contributed by atoms with Crippen LogP contribution in [0.3, 0.4) is 0 Å². The van der Waals surface area contributed by atoms with Crippen molar-refractivity contribution in [1.29, 1.82) is 0 Å². The van der Waals surface area contributed by atoms with Gasteiger partial charge in [-0.05, 0) is 25.3 Å². The lowest BCUT2D eigenvalue weighted by atomic mass is 9.99. The number of carbonyl (C=O) groups is 1. The second-order valence-electron chi connectivity index (χ2n) is 4.28. The lowest BCUT2D eigenvalue weighted by molar-refractivity contribution is -0.132. The third-order valence-corrected chi connectivity index (χ3v) is 3.15. The Morgan fingerprint density at radius 3 is 3.06 bits per heavy atom. The number of nitrogens with one attached hydrogen (secondary N) is 1. The van der Waals surface area contributed by atoms with E-state index >= 15 is 0 Å². The zero-order valence-electron chi connectivity index (χ0n) is 10.3. The number of carbonyl (C=O) groups excluding carboxylic acids is 1. The minimum Gasteiger partial charge on any atom is -0.357 e. The highest BCUT2D eigenvalue weighted by Gasteiger charge is 2.26. The van der Waals surface area contributed by atoms with E-state index in [1.54, 1.807) is 20.2 Å². The molecule has 1 unspecified atom stereocenters. The van der Waals surface area contributed by atoms with Crippen LogP contribution in [0.5, 0.6) is 0 Å². The first-order valence-corrected chi connectivity index (χ1v) is 6.00. The molecule has 1 aliphatic heterocycles. The van der Waals surface area contributed by atoms with Crippen molar-refractivity contribution < 1.29 is 4.79 Å². The first-order chi connectivity index (χ1) is 8.22. The summed E-state index contributed by atoms with van der Waals surface area (Å²) in [6, 6.07) is 2.00. The van der Waals surface area contributed by atoms with Gasteiger partial charge in [-0.15, -0.1) is 0 Å². The number of likely N-dealkylation sites (tertiary alicyclic amines) is 1. The Morgan fingerprint density at radius 2 is 2.35 bits per heavy atom. The first-order valence-electron chi connectivity index (χ1n) is 6.00. The maximum absolute atomic E-state index is 11.6. The Balaban J connectivity index is 2.26. The van der Waals surface area contributed by atoms with Crippen LogP contribution in [0.4, 0.5) is 5.95 Å². The Bertz CT molecular complexity index is 407. The van der Waals surface area contributed by atoms with Crippen LogP contribution >= 0.6 is 0 Å². The molecule has 0 bridgehead atoms. The van der Waals surface area contributed by atoms with E-state index in [-0.39, 0.29) is 11.9 Å². The highest BCUT2D eigenvalue weighted by atomic mass is 16.2. The average molecular weight is 234 g/mol. The maximum atomic E-state index is 11.6. The van der Waals surface area contributed by atoms with E-state index in [9.17, 15) is 4.79 Å². The number of anilines is 1. The van der Waals surface area contributed by atoms with Crippen LogP contribution in [0.1, 0.15) is 37.9 Å². The number of hydrogen-bond acceptors (Lipinski definition) is 4. The first kappa shape index (κ1) is 11.8. The highest BCUT2D eigenvalue weighted by molar-refractivity contribution is 5.73. The van der Waals surface area contributed by atoms with Gasteiger partial charge in [-0.25, -0.2) is 9.97 Å². The number of amides is 1. The zero-order valence-corrected chi connectivity index (χ0v) is 10.3. The Kier molecular flexibility index (Phi) is 3.56. The van der Waals surface area contributed by atoms with Crippen molar-refractivity contribution in [2.24, 2.45) is 0 Å². The van der Waals surface area contributed by atoms with Gasteiger partial charge in [0.2, 0.25) is 11.9 Å². The maximum Gasteiger partial charge on any atom is 0.222 e. The van der Waals surface area contributed by atoms with Crippen LogP contribution in [0.2, 0.25) is 0 Å². The molecule has 2 rings (SSSR count). The van der Waals surface area contributed by atoms with E-state index in [1.807, 2.05) is 11.0 Å². The molecule has 1 atom stereocenters. The van der Waals surface area contributed by atoms with Gasteiger partial charge in [0.25, 0.3) is 0 Å². The predicted octanol–water partition coefficient (Wildman–Crippen LogP) is 1.59. The molecule has 1 fully saturated rings. The fraction of sp³-hybridized carbons (Fsp3) is 0.583. The summed E-state index contributed by atoms with van der Waals surface area (Å²) in [6.07, 6.45) is 4.95. The average Bonchev–Trinajstić information content (AvgIpc) is 2.39. The summed E-state index contributed by atoms with van der Waals surface area (Å²) < 4.78 is 0. The molecule has 0 radical (unpaired) electrons. The van der Waals surface area contributed by atoms with E-state index in [1.165, 1.54) is 0 Å². The van der Waals surface area contributed by atoms with E-state index < -0.39 is 0 Å². The summed E-state index contributed by atoms with van der Waals surface area (Å²) >= 11 is 0. The summed E-state index contributed by atoms with van der Waals surface area (Å²) in [4.78, 5) is 22.0. The Hall–Kier alpha value is -1.65. The van der Waals surface area contributed by atoms with Gasteiger partial charge >= 0.3 is 0 Å². The molecule has 92 valence electrons. The quantitative estimate of drug-likeness (QED) is 0.844. The lowest BCUT2D eigenvalue weighted by Crippen LogP contribution is -2.37. The van der Waals surface area contributed by atoms with Crippen LogP contribution in [0.25, 0.3) is 0 Å². The topological polar surface area (TPSA) is 58.1 Å². The standard InChI is InChI=1S/C12H18N4O/c1-9(17)16-8-4-3-5-11(16)10-6-7-14-12(13-2)15-10/h6-7,11H,3-5,8H2,1-2H3,(H,13,14,15). The van der Waals surface area contributed by atoms with Crippen molar-refractivity contribution in [3.63, 3.8) is 0 Å². The van der Waals surface area contributed by atoms with Gasteiger partial charge in [-0.1, -0.05) is 0 Å². The summed E-state index contributed by atoms with van der Waals surface area (Å²) in [7, 11) is 1.79. The molecule has 17 heavy (non-hydrogen) atoms. The molecule has 0 saturated carbocycles. The largest absolute Gasteiger partial charge is 0.357 e. The van der Waals surface area contributed by atoms with E-state index in [2.05, 4.69) is 15.3 Å². The van der Waals surface area contributed by atoms with Crippen molar-refractivity contribution in [2.75, 3.05) is 18.9 Å². The molecule has 1 amide bonds. The Morgan fingerprint density at radius 1 is 1.53 bits per heavy atom. The van der Waals surface area contributed by atoms with Gasteiger partial charge in [0, 0.05) is 26.7 Å². The summed E-state index contributed by atoms with van der Waals surface area (Å²) in [5.74, 6) is 0.732. The number of hydrogen-bond donors (Lipinski definition) is 1. The summed E-state index contributed by atoms with van der Waals surface area (Å²) in [5, 5.41) is 2.92. The fourth-order valence-corrected chi connectivity index (χ4v) is 2.29. The third kappa shape index (κ3) is 2.54. The molecule has 1 saturated heterocycles. The minimum absolute atomic E-state index is 0.108. The zero-order chi connectivity index (χ0) is 12.3. The van der Waals surface area contributed by atoms with Gasteiger partial charge < -0.3 is 10.2 Å². The molecule has 1 aromatic rings. The molecular weight excluding hydrogens is 216 g/mol. The van der Waals surface area contributed by atoms with E-state index in [0.717, 1.165) is 31.5 Å². The summed E-state index contributed by atoms with van der Waals surface area (Å²) in [6.45, 7) is 2.46. The molecule has 1 N–H and O–H groups in total. The van der Waals surface area contributed by atoms with E-state index in [0.29, 0.717) is 5.95 Å². The van der Waals surface area contributed by atoms with E-state index in [4.69, 9.17) is 0 Å². The number of rotatable bonds is 2. The second-order valence-corrected chi connectivity index (χ2v) is 4.28. The van der Waals surface area contributed by atoms with Crippen molar-refractivity contribution in [3.05, 3.63) is 18.0 Å². The van der Waals surface area contributed by atoms with Crippen LogP contribution in [-0.2, 0) is 4.79 Å². The van der Waals surface area contributed by atoms with Crippen LogP contribution < -0.4 is 5.32 Å². The number of nitrogens with zero attached hydrogens (tertiary/aromatic N) is 3. The SMILES string of the molecule is CNc1nccc(C2CCCCN2C(C)=O)n1. The molecule has 1 aliphatic rings. The molecular formula is C12H18N4O. The second kappa shape index (κ2) is 5.12.